The highest BCUT2D eigenvalue weighted by Gasteiger charge is 2.31. The van der Waals surface area contributed by atoms with Gasteiger partial charge in [-0.15, -0.1) is 11.8 Å². The van der Waals surface area contributed by atoms with E-state index in [9.17, 15) is 14.4 Å². The Labute approximate surface area is 252 Å². The lowest BCUT2D eigenvalue weighted by Gasteiger charge is -2.18. The number of carbonyl (C=O) groups is 3. The third kappa shape index (κ3) is 13.1. The number of hydrogen-bond donors (Lipinski definition) is 2. The number of thioether (sulfide) groups is 1. The minimum Gasteiger partial charge on any atom is -0.356 e. The van der Waals surface area contributed by atoms with E-state index >= 15 is 0 Å². The Morgan fingerprint density at radius 3 is 1.66 bits per heavy atom. The summed E-state index contributed by atoms with van der Waals surface area (Å²) in [5.41, 5.74) is 2.87. The molecule has 228 valence electrons. The standard InChI is InChI=1S/C34H53N3O3S/c38-32-22-13-10-6-2-4-8-12-18-26-37-31(29-20-15-16-21-30(29)34(37)40)28-41-27-19-25-36-33(39)23-14-9-5-1-3-7-11-17-24-35-32/h15-16,20-21,28H,1-14,17-19,22-27H2,(H,35,38)(H,36,39)/b31-28+. The fraction of sp³-hybridized carbons (Fsp3) is 0.676. The van der Waals surface area contributed by atoms with Gasteiger partial charge in [0.1, 0.15) is 0 Å². The quantitative estimate of drug-likeness (QED) is 0.326. The zero-order valence-electron chi connectivity index (χ0n) is 25.2. The van der Waals surface area contributed by atoms with Gasteiger partial charge in [-0.3, -0.25) is 14.4 Å². The zero-order chi connectivity index (χ0) is 29.0. The molecule has 0 aliphatic carbocycles. The van der Waals surface area contributed by atoms with Crippen LogP contribution in [0, 0.1) is 0 Å². The van der Waals surface area contributed by atoms with Crippen LogP contribution >= 0.6 is 11.8 Å². The van der Waals surface area contributed by atoms with E-state index < -0.39 is 0 Å². The summed E-state index contributed by atoms with van der Waals surface area (Å²) in [6.45, 7) is 2.26. The molecule has 3 rings (SSSR count). The van der Waals surface area contributed by atoms with E-state index in [0.29, 0.717) is 19.4 Å². The first-order chi connectivity index (χ1) is 20.2. The molecular formula is C34H53N3O3S. The van der Waals surface area contributed by atoms with Crippen molar-refractivity contribution in [1.82, 2.24) is 15.5 Å². The van der Waals surface area contributed by atoms with Gasteiger partial charge in [0.25, 0.3) is 5.91 Å². The monoisotopic (exact) mass is 583 g/mol. The van der Waals surface area contributed by atoms with Crippen LogP contribution < -0.4 is 10.6 Å². The second kappa shape index (κ2) is 20.6. The van der Waals surface area contributed by atoms with Crippen molar-refractivity contribution in [3.63, 3.8) is 0 Å². The van der Waals surface area contributed by atoms with Crippen LogP contribution in [0.25, 0.3) is 5.70 Å². The molecule has 0 atom stereocenters. The molecule has 0 spiro atoms. The van der Waals surface area contributed by atoms with Crippen molar-refractivity contribution in [2.24, 2.45) is 0 Å². The molecule has 2 N–H and O–H groups in total. The maximum Gasteiger partial charge on any atom is 0.258 e. The first-order valence-corrected chi connectivity index (χ1v) is 17.5. The van der Waals surface area contributed by atoms with Gasteiger partial charge in [0.15, 0.2) is 0 Å². The number of hydrogen-bond acceptors (Lipinski definition) is 4. The predicted octanol–water partition coefficient (Wildman–Crippen LogP) is 7.83. The molecule has 2 heterocycles. The average Bonchev–Trinajstić information content (AvgIpc) is 3.24. The molecule has 0 fully saturated rings. The molecule has 0 bridgehead atoms. The molecule has 7 heteroatoms. The highest BCUT2D eigenvalue weighted by molar-refractivity contribution is 8.02. The lowest BCUT2D eigenvalue weighted by atomic mass is 10.1. The molecule has 1 aromatic rings. The Morgan fingerprint density at radius 2 is 1.05 bits per heavy atom. The summed E-state index contributed by atoms with van der Waals surface area (Å²) in [4.78, 5) is 39.4. The van der Waals surface area contributed by atoms with Gasteiger partial charge >= 0.3 is 0 Å². The maximum absolute atomic E-state index is 13.1. The number of nitrogens with zero attached hydrogens (tertiary/aromatic N) is 1. The average molecular weight is 584 g/mol. The molecule has 0 unspecified atom stereocenters. The van der Waals surface area contributed by atoms with Gasteiger partial charge in [-0.05, 0) is 49.3 Å². The van der Waals surface area contributed by atoms with Gasteiger partial charge in [0, 0.05) is 43.6 Å². The third-order valence-electron chi connectivity index (χ3n) is 8.11. The summed E-state index contributed by atoms with van der Waals surface area (Å²) in [5.74, 6) is 1.39. The van der Waals surface area contributed by atoms with Crippen molar-refractivity contribution >= 4 is 35.2 Å². The van der Waals surface area contributed by atoms with Crippen LogP contribution in [0.3, 0.4) is 0 Å². The molecule has 0 aromatic heterocycles. The summed E-state index contributed by atoms with van der Waals surface area (Å²) in [5, 5.41) is 8.30. The Kier molecular flexibility index (Phi) is 16.7. The van der Waals surface area contributed by atoms with E-state index in [2.05, 4.69) is 22.1 Å². The summed E-state index contributed by atoms with van der Waals surface area (Å²) >= 11 is 1.73. The molecule has 2 aliphatic heterocycles. The number of amides is 3. The molecule has 41 heavy (non-hydrogen) atoms. The second-order valence-electron chi connectivity index (χ2n) is 11.6. The van der Waals surface area contributed by atoms with Crippen molar-refractivity contribution in [2.75, 3.05) is 25.4 Å². The normalized spacial score (nSPS) is 22.7. The van der Waals surface area contributed by atoms with Crippen LogP contribution in [0.4, 0.5) is 0 Å². The van der Waals surface area contributed by atoms with Gasteiger partial charge in [-0.2, -0.15) is 0 Å². The molecule has 0 saturated carbocycles. The van der Waals surface area contributed by atoms with Crippen LogP contribution in [0.5, 0.6) is 0 Å². The zero-order valence-corrected chi connectivity index (χ0v) is 26.0. The molecule has 1 aromatic carbocycles. The minimum atomic E-state index is 0.116. The summed E-state index contributed by atoms with van der Waals surface area (Å²) < 4.78 is 0. The molecule has 3 amide bonds. The minimum absolute atomic E-state index is 0.116. The van der Waals surface area contributed by atoms with Gasteiger partial charge in [0.05, 0.1) is 5.70 Å². The topological polar surface area (TPSA) is 78.5 Å². The summed E-state index contributed by atoms with van der Waals surface area (Å²) in [6.07, 6.45) is 20.5. The molecule has 6 nitrogen and oxygen atoms in total. The molecule has 2 aliphatic rings. The first-order valence-electron chi connectivity index (χ1n) is 16.4. The number of fused-ring (bicyclic) bond motifs is 3. The van der Waals surface area contributed by atoms with E-state index in [4.69, 9.17) is 0 Å². The lowest BCUT2D eigenvalue weighted by molar-refractivity contribution is -0.122. The van der Waals surface area contributed by atoms with E-state index in [0.717, 1.165) is 87.0 Å². The van der Waals surface area contributed by atoms with Crippen molar-refractivity contribution in [1.29, 1.82) is 0 Å². The largest absolute Gasteiger partial charge is 0.356 e. The summed E-state index contributed by atoms with van der Waals surface area (Å²) in [6, 6.07) is 7.94. The van der Waals surface area contributed by atoms with E-state index in [-0.39, 0.29) is 17.7 Å². The fourth-order valence-corrected chi connectivity index (χ4v) is 6.50. The highest BCUT2D eigenvalue weighted by Crippen LogP contribution is 2.34. The van der Waals surface area contributed by atoms with Crippen LogP contribution in [0.1, 0.15) is 138 Å². The Bertz CT molecular complexity index is 964. The lowest BCUT2D eigenvalue weighted by Crippen LogP contribution is -2.24. The number of rotatable bonds is 0. The van der Waals surface area contributed by atoms with Gasteiger partial charge in [0.2, 0.25) is 11.8 Å². The number of benzene rings is 1. The second-order valence-corrected chi connectivity index (χ2v) is 12.6. The maximum atomic E-state index is 13.1. The van der Waals surface area contributed by atoms with Crippen molar-refractivity contribution in [2.45, 2.75) is 122 Å². The molecule has 0 saturated heterocycles. The van der Waals surface area contributed by atoms with Crippen LogP contribution in [-0.2, 0) is 9.59 Å². The first kappa shape index (κ1) is 33.2. The highest BCUT2D eigenvalue weighted by atomic mass is 32.2. The van der Waals surface area contributed by atoms with E-state index in [1.54, 1.807) is 11.8 Å². The Morgan fingerprint density at radius 1 is 0.561 bits per heavy atom. The van der Waals surface area contributed by atoms with Crippen molar-refractivity contribution < 1.29 is 14.4 Å². The Balaban J connectivity index is 1.44. The fourth-order valence-electron chi connectivity index (χ4n) is 5.66. The number of carbonyl (C=O) groups excluding carboxylic acids is 3. The van der Waals surface area contributed by atoms with Crippen LogP contribution in [-0.4, -0.2) is 48.0 Å². The molecule has 0 radical (unpaired) electrons. The van der Waals surface area contributed by atoms with Crippen molar-refractivity contribution in [3.05, 3.63) is 40.8 Å². The van der Waals surface area contributed by atoms with E-state index in [1.807, 2.05) is 23.1 Å². The predicted molar refractivity (Wildman–Crippen MR) is 172 cm³/mol. The number of nitrogens with one attached hydrogen (secondary N) is 2. The van der Waals surface area contributed by atoms with E-state index in [1.165, 1.54) is 57.8 Å². The van der Waals surface area contributed by atoms with Crippen LogP contribution in [0.15, 0.2) is 29.7 Å². The van der Waals surface area contributed by atoms with Gasteiger partial charge < -0.3 is 15.5 Å². The third-order valence-corrected chi connectivity index (χ3v) is 9.03. The Hall–Kier alpha value is -2.28. The van der Waals surface area contributed by atoms with Crippen LogP contribution in [0.2, 0.25) is 0 Å². The molecular weight excluding hydrogens is 530 g/mol. The smallest absolute Gasteiger partial charge is 0.258 e. The SMILES string of the molecule is O=C1CCCCCCCCCCN2C(=O)c3ccccc3/C2=C\SCCCNC(=O)CCCCCCCCCCN1. The van der Waals surface area contributed by atoms with Gasteiger partial charge in [-0.1, -0.05) is 95.2 Å². The summed E-state index contributed by atoms with van der Waals surface area (Å²) in [7, 11) is 0. The van der Waals surface area contributed by atoms with Gasteiger partial charge in [-0.25, -0.2) is 0 Å². The van der Waals surface area contributed by atoms with Crippen molar-refractivity contribution in [3.8, 4) is 0 Å².